The Kier molecular flexibility index (Phi) is 4.56. The van der Waals surface area contributed by atoms with Crippen molar-refractivity contribution >= 4 is 12.0 Å². The number of rotatable bonds is 6. The summed E-state index contributed by atoms with van der Waals surface area (Å²) in [4.78, 5) is 23.9. The highest BCUT2D eigenvalue weighted by atomic mass is 16.4. The fourth-order valence-corrected chi connectivity index (χ4v) is 1.38. The van der Waals surface area contributed by atoms with Crippen LogP contribution in [-0.2, 0) is 4.79 Å². The van der Waals surface area contributed by atoms with E-state index in [1.807, 2.05) is 0 Å². The van der Waals surface area contributed by atoms with E-state index < -0.39 is 17.6 Å². The van der Waals surface area contributed by atoms with Crippen molar-refractivity contribution in [3.8, 4) is 12.3 Å². The number of terminal acetylenes is 1. The van der Waals surface area contributed by atoms with E-state index in [0.29, 0.717) is 12.5 Å². The van der Waals surface area contributed by atoms with Gasteiger partial charge in [0, 0.05) is 6.54 Å². The minimum atomic E-state index is -1.98. The normalized spacial score (nSPS) is 17.4. The summed E-state index contributed by atoms with van der Waals surface area (Å²) >= 11 is 0. The van der Waals surface area contributed by atoms with Crippen molar-refractivity contribution in [2.75, 3.05) is 19.6 Å². The van der Waals surface area contributed by atoms with E-state index in [9.17, 15) is 14.7 Å². The van der Waals surface area contributed by atoms with Crippen LogP contribution in [0.4, 0.5) is 4.79 Å². The minimum absolute atomic E-state index is 0.178. The molecule has 0 aromatic heterocycles. The molecule has 6 nitrogen and oxygen atoms in total. The number of hydrogen-bond acceptors (Lipinski definition) is 3. The van der Waals surface area contributed by atoms with Gasteiger partial charge in [-0.15, -0.1) is 6.42 Å². The Morgan fingerprint density at radius 1 is 1.56 bits per heavy atom. The summed E-state index contributed by atoms with van der Waals surface area (Å²) in [6, 6.07) is -0.443. The first-order valence-corrected chi connectivity index (χ1v) is 5.79. The molecule has 0 heterocycles. The third kappa shape index (κ3) is 4.26. The van der Waals surface area contributed by atoms with Crippen LogP contribution in [0.15, 0.2) is 0 Å². The molecule has 0 bridgehead atoms. The fraction of sp³-hybridized carbons (Fsp3) is 0.667. The van der Waals surface area contributed by atoms with Crippen LogP contribution in [0.25, 0.3) is 0 Å². The zero-order valence-electron chi connectivity index (χ0n) is 10.3. The second-order valence-electron chi connectivity index (χ2n) is 4.77. The van der Waals surface area contributed by atoms with Gasteiger partial charge < -0.3 is 20.4 Å². The molecule has 1 atom stereocenters. The molecule has 1 fully saturated rings. The van der Waals surface area contributed by atoms with Crippen molar-refractivity contribution in [1.29, 1.82) is 0 Å². The maximum absolute atomic E-state index is 11.8. The molecule has 1 saturated carbocycles. The van der Waals surface area contributed by atoms with Gasteiger partial charge in [-0.25, -0.2) is 9.59 Å². The number of amides is 2. The summed E-state index contributed by atoms with van der Waals surface area (Å²) in [6.45, 7) is 1.53. The Morgan fingerprint density at radius 3 is 2.61 bits per heavy atom. The number of carboxylic acid groups (broad SMARTS) is 1. The zero-order chi connectivity index (χ0) is 13.8. The number of urea groups is 1. The first kappa shape index (κ1) is 14.3. The lowest BCUT2D eigenvalue weighted by Gasteiger charge is -2.24. The number of nitrogens with one attached hydrogen (secondary N) is 1. The van der Waals surface area contributed by atoms with Gasteiger partial charge in [-0.2, -0.15) is 0 Å². The lowest BCUT2D eigenvalue weighted by molar-refractivity contribution is -0.155. The van der Waals surface area contributed by atoms with Crippen molar-refractivity contribution in [2.45, 2.75) is 25.4 Å². The average Bonchev–Trinajstić information content (AvgIpc) is 3.09. The average molecular weight is 254 g/mol. The predicted octanol–water partition coefficient (Wildman–Crippen LogP) is -0.123. The maximum Gasteiger partial charge on any atom is 0.337 e. The lowest BCUT2D eigenvalue weighted by Crippen LogP contribution is -2.50. The van der Waals surface area contributed by atoms with Gasteiger partial charge in [0.25, 0.3) is 0 Å². The molecular weight excluding hydrogens is 236 g/mol. The van der Waals surface area contributed by atoms with Gasteiger partial charge in [-0.3, -0.25) is 0 Å². The Hall–Kier alpha value is -1.74. The maximum atomic E-state index is 11.8. The summed E-state index contributed by atoms with van der Waals surface area (Å²) in [5.41, 5.74) is -1.98. The molecule has 3 N–H and O–H groups in total. The molecule has 1 aliphatic rings. The number of carbonyl (C=O) groups excluding carboxylic acids is 1. The summed E-state index contributed by atoms with van der Waals surface area (Å²) in [7, 11) is 0. The van der Waals surface area contributed by atoms with Gasteiger partial charge in [-0.05, 0) is 25.7 Å². The molecule has 18 heavy (non-hydrogen) atoms. The topological polar surface area (TPSA) is 89.9 Å². The van der Waals surface area contributed by atoms with Crippen LogP contribution in [0.1, 0.15) is 19.8 Å². The summed E-state index contributed by atoms with van der Waals surface area (Å²) in [5.74, 6) is 1.50. The summed E-state index contributed by atoms with van der Waals surface area (Å²) < 4.78 is 0. The quantitative estimate of drug-likeness (QED) is 0.576. The van der Waals surface area contributed by atoms with Gasteiger partial charge in [0.05, 0.1) is 13.1 Å². The molecule has 0 aromatic carbocycles. The van der Waals surface area contributed by atoms with Crippen LogP contribution in [0, 0.1) is 18.3 Å². The zero-order valence-corrected chi connectivity index (χ0v) is 10.3. The van der Waals surface area contributed by atoms with E-state index in [4.69, 9.17) is 11.5 Å². The van der Waals surface area contributed by atoms with Crippen LogP contribution >= 0.6 is 0 Å². The van der Waals surface area contributed by atoms with Crippen molar-refractivity contribution in [3.05, 3.63) is 0 Å². The highest BCUT2D eigenvalue weighted by Crippen LogP contribution is 2.29. The number of aliphatic hydroxyl groups is 1. The monoisotopic (exact) mass is 254 g/mol. The third-order valence-electron chi connectivity index (χ3n) is 2.79. The molecule has 1 rings (SSSR count). The van der Waals surface area contributed by atoms with Crippen LogP contribution in [0.2, 0.25) is 0 Å². The highest BCUT2D eigenvalue weighted by molar-refractivity contribution is 5.79. The molecule has 0 spiro atoms. The number of carbonyl (C=O) groups is 2. The second kappa shape index (κ2) is 5.74. The van der Waals surface area contributed by atoms with Crippen LogP contribution < -0.4 is 5.32 Å². The van der Waals surface area contributed by atoms with E-state index in [1.54, 1.807) is 0 Å². The van der Waals surface area contributed by atoms with Gasteiger partial charge in [0.1, 0.15) is 0 Å². The highest BCUT2D eigenvalue weighted by Gasteiger charge is 2.32. The van der Waals surface area contributed by atoms with E-state index >= 15 is 0 Å². The Morgan fingerprint density at radius 2 is 2.17 bits per heavy atom. The summed E-state index contributed by atoms with van der Waals surface area (Å²) in [6.07, 6.45) is 7.35. The van der Waals surface area contributed by atoms with Crippen molar-refractivity contribution in [1.82, 2.24) is 10.2 Å². The Bertz CT molecular complexity index is 369. The van der Waals surface area contributed by atoms with Gasteiger partial charge >= 0.3 is 12.0 Å². The molecule has 100 valence electrons. The van der Waals surface area contributed by atoms with Crippen molar-refractivity contribution < 1.29 is 19.8 Å². The standard InChI is InChI=1S/C12H18N2O4/c1-3-6-14(7-9-4-5-9)11(17)13-8-12(2,18)10(15)16/h1,9,18H,4-8H2,2H3,(H,13,17)(H,15,16). The largest absolute Gasteiger partial charge is 0.479 e. The second-order valence-corrected chi connectivity index (χ2v) is 4.77. The minimum Gasteiger partial charge on any atom is -0.479 e. The molecule has 0 radical (unpaired) electrons. The van der Waals surface area contributed by atoms with E-state index in [1.165, 1.54) is 4.90 Å². The SMILES string of the molecule is C#CCN(CC1CC1)C(=O)NCC(C)(O)C(=O)O. The summed E-state index contributed by atoms with van der Waals surface area (Å²) in [5, 5.41) is 20.6. The molecular formula is C12H18N2O4. The van der Waals surface area contributed by atoms with Crippen molar-refractivity contribution in [3.63, 3.8) is 0 Å². The van der Waals surface area contributed by atoms with Gasteiger partial charge in [0.2, 0.25) is 0 Å². The van der Waals surface area contributed by atoms with E-state index in [0.717, 1.165) is 19.8 Å². The van der Waals surface area contributed by atoms with E-state index in [2.05, 4.69) is 11.2 Å². The Labute approximate surface area is 106 Å². The molecule has 1 unspecified atom stereocenters. The first-order valence-electron chi connectivity index (χ1n) is 5.79. The molecule has 6 heteroatoms. The van der Waals surface area contributed by atoms with Gasteiger partial charge in [-0.1, -0.05) is 5.92 Å². The lowest BCUT2D eigenvalue weighted by atomic mass is 10.1. The van der Waals surface area contributed by atoms with E-state index in [-0.39, 0.29) is 13.1 Å². The van der Waals surface area contributed by atoms with Gasteiger partial charge in [0.15, 0.2) is 5.60 Å². The number of nitrogens with zero attached hydrogens (tertiary/aromatic N) is 1. The predicted molar refractivity (Wildman–Crippen MR) is 64.8 cm³/mol. The van der Waals surface area contributed by atoms with Crippen molar-refractivity contribution in [2.24, 2.45) is 5.92 Å². The molecule has 1 aliphatic carbocycles. The van der Waals surface area contributed by atoms with Crippen LogP contribution in [0.5, 0.6) is 0 Å². The third-order valence-corrected chi connectivity index (χ3v) is 2.79. The first-order chi connectivity index (χ1) is 8.36. The number of aliphatic carboxylic acids is 1. The van der Waals surface area contributed by atoms with Crippen LogP contribution in [-0.4, -0.2) is 52.3 Å². The number of hydrogen-bond donors (Lipinski definition) is 3. The molecule has 0 aromatic rings. The smallest absolute Gasteiger partial charge is 0.337 e. The van der Waals surface area contributed by atoms with Crippen LogP contribution in [0.3, 0.4) is 0 Å². The molecule has 0 saturated heterocycles. The Balaban J connectivity index is 2.45. The molecule has 0 aliphatic heterocycles. The number of carboxylic acids is 1. The molecule has 2 amide bonds. The fourth-order valence-electron chi connectivity index (χ4n) is 1.38.